The number of hydrogen-bond acceptors (Lipinski definition) is 6. The second-order valence-corrected chi connectivity index (χ2v) is 9.22. The number of benzene rings is 1. The second kappa shape index (κ2) is 16.5. The lowest BCUT2D eigenvalue weighted by Gasteiger charge is -2.32. The Kier molecular flexibility index (Phi) is 13.4. The van der Waals surface area contributed by atoms with Crippen molar-refractivity contribution in [1.82, 2.24) is 14.4 Å². The molecule has 0 radical (unpaired) electrons. The lowest BCUT2D eigenvalue weighted by Crippen LogP contribution is -2.46. The fourth-order valence-electron chi connectivity index (χ4n) is 4.15. The zero-order chi connectivity index (χ0) is 27.9. The van der Waals surface area contributed by atoms with Gasteiger partial charge in [-0.05, 0) is 56.5 Å². The van der Waals surface area contributed by atoms with Gasteiger partial charge in [0.1, 0.15) is 5.75 Å². The summed E-state index contributed by atoms with van der Waals surface area (Å²) in [4.78, 5) is 41.7. The molecule has 2 aromatic rings. The van der Waals surface area contributed by atoms with Crippen molar-refractivity contribution in [1.29, 1.82) is 0 Å². The molecule has 38 heavy (non-hydrogen) atoms. The zero-order valence-corrected chi connectivity index (χ0v) is 23.5. The smallest absolute Gasteiger partial charge is 0.306 e. The van der Waals surface area contributed by atoms with Crippen molar-refractivity contribution in [3.8, 4) is 5.75 Å². The fraction of sp³-hybridized carbons (Fsp3) is 0.552. The van der Waals surface area contributed by atoms with Crippen molar-refractivity contribution in [2.75, 3.05) is 40.5 Å². The Morgan fingerprint density at radius 2 is 1.82 bits per heavy atom. The largest absolute Gasteiger partial charge is 0.497 e. The molecule has 9 heteroatoms. The molecule has 1 heterocycles. The first kappa shape index (κ1) is 30.9. The Bertz CT molecular complexity index is 1020. The average Bonchev–Trinajstić information content (AvgIpc) is 3.35. The zero-order valence-electron chi connectivity index (χ0n) is 23.5. The molecule has 1 aromatic heterocycles. The highest BCUT2D eigenvalue weighted by molar-refractivity contribution is 5.86. The van der Waals surface area contributed by atoms with Crippen molar-refractivity contribution in [3.05, 3.63) is 53.9 Å². The summed E-state index contributed by atoms with van der Waals surface area (Å²) in [5, 5.41) is 0. The Morgan fingerprint density at radius 1 is 1.03 bits per heavy atom. The van der Waals surface area contributed by atoms with Crippen molar-refractivity contribution < 1.29 is 28.6 Å². The number of methoxy groups -OCH3 is 2. The quantitative estimate of drug-likeness (QED) is 0.228. The van der Waals surface area contributed by atoms with E-state index < -0.39 is 5.97 Å². The predicted octanol–water partition coefficient (Wildman–Crippen LogP) is 3.88. The number of aromatic nitrogens is 1. The Labute approximate surface area is 226 Å². The van der Waals surface area contributed by atoms with Gasteiger partial charge in [-0.2, -0.15) is 0 Å². The van der Waals surface area contributed by atoms with Crippen LogP contribution in [0.15, 0.2) is 42.6 Å². The molecule has 0 saturated heterocycles. The van der Waals surface area contributed by atoms with Crippen LogP contribution in [-0.2, 0) is 36.9 Å². The summed E-state index contributed by atoms with van der Waals surface area (Å²) >= 11 is 0. The Hall–Kier alpha value is -3.33. The molecule has 0 aliphatic rings. The average molecular weight is 530 g/mol. The standard InChI is InChI=1S/C29H43N3O6/c1-6-23(3)32(21-25-12-9-16-30(25)20-24-11-8-13-26(19-24)37-5)28(34)22-31(17-10-18-36-4)27(33)14-15-29(35)38-7-2/h8-9,11-13,16,19,23H,6-7,10,14-15,17-18,20-22H2,1-5H3/t23-/m0/s1. The SMILES string of the molecule is CCOC(=O)CCC(=O)N(CCCOC)CC(=O)N(Cc1cccn1Cc1cccc(OC)c1)[C@@H](C)CC. The van der Waals surface area contributed by atoms with Gasteiger partial charge in [0, 0.05) is 51.2 Å². The molecule has 1 aromatic carbocycles. The number of carbonyl (C=O) groups excluding carboxylic acids is 3. The van der Waals surface area contributed by atoms with Crippen LogP contribution in [-0.4, -0.2) is 78.7 Å². The van der Waals surface area contributed by atoms with E-state index in [9.17, 15) is 14.4 Å². The van der Waals surface area contributed by atoms with E-state index in [4.69, 9.17) is 14.2 Å². The number of rotatable bonds is 17. The molecule has 0 bridgehead atoms. The molecule has 0 fully saturated rings. The molecule has 0 N–H and O–H groups in total. The van der Waals surface area contributed by atoms with Crippen LogP contribution in [0.3, 0.4) is 0 Å². The van der Waals surface area contributed by atoms with Crippen LogP contribution in [0.2, 0.25) is 0 Å². The lowest BCUT2D eigenvalue weighted by molar-refractivity contribution is -0.147. The maximum atomic E-state index is 13.6. The molecule has 210 valence electrons. The summed E-state index contributed by atoms with van der Waals surface area (Å²) in [7, 11) is 3.25. The first-order valence-corrected chi connectivity index (χ1v) is 13.3. The van der Waals surface area contributed by atoms with Crippen LogP contribution in [0.5, 0.6) is 5.75 Å². The summed E-state index contributed by atoms with van der Waals surface area (Å²) in [6.45, 7) is 7.94. The van der Waals surface area contributed by atoms with Crippen LogP contribution >= 0.6 is 0 Å². The molecule has 0 spiro atoms. The Balaban J connectivity index is 2.16. The van der Waals surface area contributed by atoms with Gasteiger partial charge in [-0.15, -0.1) is 0 Å². The van der Waals surface area contributed by atoms with Crippen molar-refractivity contribution >= 4 is 17.8 Å². The molecule has 9 nitrogen and oxygen atoms in total. The lowest BCUT2D eigenvalue weighted by atomic mass is 10.2. The van der Waals surface area contributed by atoms with Gasteiger partial charge in [-0.3, -0.25) is 14.4 Å². The minimum absolute atomic E-state index is 0.00545. The van der Waals surface area contributed by atoms with Crippen LogP contribution in [0.1, 0.15) is 57.7 Å². The van der Waals surface area contributed by atoms with Crippen molar-refractivity contribution in [2.45, 2.75) is 65.6 Å². The predicted molar refractivity (Wildman–Crippen MR) is 146 cm³/mol. The van der Waals surface area contributed by atoms with Gasteiger partial charge in [0.05, 0.1) is 33.2 Å². The minimum atomic E-state index is -0.415. The summed E-state index contributed by atoms with van der Waals surface area (Å²) in [5.74, 6) is 0.0132. The third kappa shape index (κ3) is 9.85. The summed E-state index contributed by atoms with van der Waals surface area (Å²) in [5.41, 5.74) is 2.10. The van der Waals surface area contributed by atoms with E-state index in [2.05, 4.69) is 4.57 Å². The fourth-order valence-corrected chi connectivity index (χ4v) is 4.15. The molecule has 0 aliphatic heterocycles. The number of amides is 2. The third-order valence-electron chi connectivity index (χ3n) is 6.49. The molecule has 1 atom stereocenters. The maximum Gasteiger partial charge on any atom is 0.306 e. The van der Waals surface area contributed by atoms with E-state index in [1.165, 1.54) is 4.90 Å². The van der Waals surface area contributed by atoms with Gasteiger partial charge in [-0.25, -0.2) is 0 Å². The normalized spacial score (nSPS) is 11.6. The highest BCUT2D eigenvalue weighted by atomic mass is 16.5. The first-order valence-electron chi connectivity index (χ1n) is 13.3. The maximum absolute atomic E-state index is 13.6. The molecule has 2 rings (SSSR count). The summed E-state index contributed by atoms with van der Waals surface area (Å²) in [6, 6.07) is 11.9. The monoisotopic (exact) mass is 529 g/mol. The molecular weight excluding hydrogens is 486 g/mol. The second-order valence-electron chi connectivity index (χ2n) is 9.22. The van der Waals surface area contributed by atoms with E-state index in [-0.39, 0.29) is 43.8 Å². The molecular formula is C29H43N3O6. The molecule has 0 saturated carbocycles. The summed E-state index contributed by atoms with van der Waals surface area (Å²) in [6.07, 6.45) is 3.38. The van der Waals surface area contributed by atoms with Crippen LogP contribution < -0.4 is 4.74 Å². The van der Waals surface area contributed by atoms with Crippen LogP contribution in [0.25, 0.3) is 0 Å². The number of carbonyl (C=O) groups is 3. The topological polar surface area (TPSA) is 90.3 Å². The number of nitrogens with zero attached hydrogens (tertiary/aromatic N) is 3. The molecule has 0 aliphatic carbocycles. The van der Waals surface area contributed by atoms with Crippen molar-refractivity contribution in [3.63, 3.8) is 0 Å². The summed E-state index contributed by atoms with van der Waals surface area (Å²) < 4.78 is 17.6. The Morgan fingerprint density at radius 3 is 2.50 bits per heavy atom. The van der Waals surface area contributed by atoms with E-state index in [1.54, 1.807) is 21.1 Å². The van der Waals surface area contributed by atoms with E-state index in [0.29, 0.717) is 32.7 Å². The number of esters is 1. The van der Waals surface area contributed by atoms with E-state index in [0.717, 1.165) is 23.4 Å². The van der Waals surface area contributed by atoms with Crippen molar-refractivity contribution in [2.24, 2.45) is 0 Å². The van der Waals surface area contributed by atoms with Gasteiger partial charge >= 0.3 is 5.97 Å². The number of ether oxygens (including phenoxy) is 3. The van der Waals surface area contributed by atoms with E-state index >= 15 is 0 Å². The first-order chi connectivity index (χ1) is 18.3. The highest BCUT2D eigenvalue weighted by Crippen LogP contribution is 2.18. The van der Waals surface area contributed by atoms with Gasteiger partial charge < -0.3 is 28.6 Å². The molecule has 0 unspecified atom stereocenters. The van der Waals surface area contributed by atoms with Gasteiger partial charge in [0.25, 0.3) is 0 Å². The minimum Gasteiger partial charge on any atom is -0.497 e. The van der Waals surface area contributed by atoms with Gasteiger partial charge in [-0.1, -0.05) is 19.1 Å². The van der Waals surface area contributed by atoms with E-state index in [1.807, 2.05) is 61.3 Å². The number of hydrogen-bond donors (Lipinski definition) is 0. The highest BCUT2D eigenvalue weighted by Gasteiger charge is 2.25. The van der Waals surface area contributed by atoms with Crippen LogP contribution in [0.4, 0.5) is 0 Å². The molecule has 2 amide bonds. The van der Waals surface area contributed by atoms with Gasteiger partial charge in [0.2, 0.25) is 11.8 Å². The van der Waals surface area contributed by atoms with Gasteiger partial charge in [0.15, 0.2) is 0 Å². The van der Waals surface area contributed by atoms with Crippen LogP contribution in [0, 0.1) is 0 Å². The third-order valence-corrected chi connectivity index (χ3v) is 6.49.